The molecule has 1 saturated heterocycles. The van der Waals surface area contributed by atoms with Gasteiger partial charge in [0.25, 0.3) is 0 Å². The molecule has 1 heterocycles. The van der Waals surface area contributed by atoms with Crippen molar-refractivity contribution >= 4 is 0 Å². The van der Waals surface area contributed by atoms with Gasteiger partial charge < -0.3 is 5.73 Å². The summed E-state index contributed by atoms with van der Waals surface area (Å²) in [5, 5.41) is 0. The molecule has 1 aliphatic carbocycles. The Balaban J connectivity index is 1.99. The smallest absolute Gasteiger partial charge is 0.326 e. The number of piperidine rings is 1. The molecule has 106 valence electrons. The number of alkyl halides is 3. The molecule has 2 N–H and O–H groups in total. The van der Waals surface area contributed by atoms with Crippen molar-refractivity contribution < 1.29 is 13.2 Å². The summed E-state index contributed by atoms with van der Waals surface area (Å²) in [5.41, 5.74) is 5.89. The zero-order valence-electron chi connectivity index (χ0n) is 11.0. The van der Waals surface area contributed by atoms with Crippen LogP contribution in [0.25, 0.3) is 0 Å². The van der Waals surface area contributed by atoms with Crippen molar-refractivity contribution in [3.63, 3.8) is 0 Å². The highest BCUT2D eigenvalue weighted by Crippen LogP contribution is 2.47. The molecule has 18 heavy (non-hydrogen) atoms. The lowest BCUT2D eigenvalue weighted by atomic mass is 9.76. The van der Waals surface area contributed by atoms with E-state index in [2.05, 4.69) is 0 Å². The molecular weight excluding hydrogens is 241 g/mol. The summed E-state index contributed by atoms with van der Waals surface area (Å²) in [4.78, 5) is 1.55. The van der Waals surface area contributed by atoms with Crippen LogP contribution in [0.15, 0.2) is 0 Å². The van der Waals surface area contributed by atoms with Gasteiger partial charge in [0.1, 0.15) is 6.04 Å². The number of halogens is 3. The third-order valence-corrected chi connectivity index (χ3v) is 4.75. The molecule has 0 radical (unpaired) electrons. The summed E-state index contributed by atoms with van der Waals surface area (Å²) >= 11 is 0. The number of hydrogen-bond donors (Lipinski definition) is 1. The Hall–Kier alpha value is -0.290. The first-order valence-electron chi connectivity index (χ1n) is 6.90. The Morgan fingerprint density at radius 3 is 1.94 bits per heavy atom. The molecule has 2 unspecified atom stereocenters. The highest BCUT2D eigenvalue weighted by Gasteiger charge is 2.48. The van der Waals surface area contributed by atoms with Crippen LogP contribution in [0.2, 0.25) is 0 Å². The van der Waals surface area contributed by atoms with E-state index in [-0.39, 0.29) is 0 Å². The molecule has 2 nitrogen and oxygen atoms in total. The van der Waals surface area contributed by atoms with Gasteiger partial charge in [-0.05, 0) is 51.1 Å². The molecule has 2 rings (SSSR count). The normalized spacial score (nSPS) is 28.5. The van der Waals surface area contributed by atoms with Crippen molar-refractivity contribution in [1.29, 1.82) is 0 Å². The van der Waals surface area contributed by atoms with Gasteiger partial charge in [-0.25, -0.2) is 0 Å². The Morgan fingerprint density at radius 1 is 1.06 bits per heavy atom. The summed E-state index contributed by atoms with van der Waals surface area (Å²) in [6.07, 6.45) is 2.50. The molecule has 0 bridgehead atoms. The number of nitrogens with two attached hydrogens (primary N) is 1. The maximum absolute atomic E-state index is 13.0. The van der Waals surface area contributed by atoms with Gasteiger partial charge in [0.2, 0.25) is 0 Å². The Labute approximate surface area is 107 Å². The van der Waals surface area contributed by atoms with Gasteiger partial charge in [-0.3, -0.25) is 4.90 Å². The average molecular weight is 264 g/mol. The fourth-order valence-electron chi connectivity index (χ4n) is 3.74. The molecule has 0 amide bonds. The summed E-state index contributed by atoms with van der Waals surface area (Å²) in [6, 6.07) is -2.33. The lowest BCUT2D eigenvalue weighted by molar-refractivity contribution is -0.193. The van der Waals surface area contributed by atoms with E-state index in [9.17, 15) is 13.2 Å². The largest absolute Gasteiger partial charge is 0.405 e. The van der Waals surface area contributed by atoms with E-state index < -0.39 is 18.3 Å². The third kappa shape index (κ3) is 2.82. The number of nitrogens with zero attached hydrogens (tertiary/aromatic N) is 1. The first-order valence-corrected chi connectivity index (χ1v) is 6.90. The van der Waals surface area contributed by atoms with Gasteiger partial charge in [-0.2, -0.15) is 13.2 Å². The van der Waals surface area contributed by atoms with Gasteiger partial charge in [0.05, 0.1) is 0 Å². The summed E-state index contributed by atoms with van der Waals surface area (Å²) in [5.74, 6) is 0. The average Bonchev–Trinajstić information content (AvgIpc) is 2.68. The minimum Gasteiger partial charge on any atom is -0.326 e. The van der Waals surface area contributed by atoms with Crippen LogP contribution in [-0.4, -0.2) is 36.2 Å². The Bertz CT molecular complexity index is 272. The minimum absolute atomic E-state index is 0.352. The van der Waals surface area contributed by atoms with Gasteiger partial charge in [0.15, 0.2) is 0 Å². The van der Waals surface area contributed by atoms with Crippen LogP contribution in [0.3, 0.4) is 0 Å². The summed E-state index contributed by atoms with van der Waals surface area (Å²) < 4.78 is 39.0. The lowest BCUT2D eigenvalue weighted by Crippen LogP contribution is -2.57. The molecule has 1 spiro atoms. The number of likely N-dealkylation sites (tertiary alicyclic amines) is 1. The first-order chi connectivity index (χ1) is 8.34. The molecule has 0 aromatic rings. The van der Waals surface area contributed by atoms with Gasteiger partial charge in [0, 0.05) is 6.04 Å². The predicted octanol–water partition coefficient (Wildman–Crippen LogP) is 2.92. The van der Waals surface area contributed by atoms with E-state index >= 15 is 0 Å². The lowest BCUT2D eigenvalue weighted by Gasteiger charge is -2.44. The van der Waals surface area contributed by atoms with E-state index in [0.717, 1.165) is 12.8 Å². The van der Waals surface area contributed by atoms with Gasteiger partial charge in [-0.1, -0.05) is 12.8 Å². The molecule has 2 aliphatic rings. The van der Waals surface area contributed by atoms with E-state index in [4.69, 9.17) is 5.73 Å². The monoisotopic (exact) mass is 264 g/mol. The van der Waals surface area contributed by atoms with Crippen molar-refractivity contribution in [3.8, 4) is 0 Å². The molecular formula is C13H23F3N2. The fraction of sp³-hybridized carbons (Fsp3) is 1.00. The highest BCUT2D eigenvalue weighted by molar-refractivity contribution is 4.94. The van der Waals surface area contributed by atoms with Crippen LogP contribution in [0.5, 0.6) is 0 Å². The molecule has 2 fully saturated rings. The second-order valence-electron chi connectivity index (χ2n) is 6.09. The van der Waals surface area contributed by atoms with Crippen LogP contribution in [-0.2, 0) is 0 Å². The van der Waals surface area contributed by atoms with Crippen LogP contribution < -0.4 is 5.73 Å². The van der Waals surface area contributed by atoms with Crippen molar-refractivity contribution in [2.75, 3.05) is 13.1 Å². The Morgan fingerprint density at radius 2 is 1.56 bits per heavy atom. The quantitative estimate of drug-likeness (QED) is 0.831. The fourth-order valence-corrected chi connectivity index (χ4v) is 3.74. The molecule has 2 atom stereocenters. The standard InChI is InChI=1S/C13H23F3N2/c1-10(17)11(13(14,15)16)18-8-6-12(7-9-18)4-2-3-5-12/h10-11H,2-9,17H2,1H3. The predicted molar refractivity (Wildman–Crippen MR) is 65.2 cm³/mol. The second-order valence-corrected chi connectivity index (χ2v) is 6.09. The Kier molecular flexibility index (Phi) is 3.93. The van der Waals surface area contributed by atoms with Crippen molar-refractivity contribution in [1.82, 2.24) is 4.90 Å². The minimum atomic E-state index is -4.21. The zero-order valence-corrected chi connectivity index (χ0v) is 11.0. The van der Waals surface area contributed by atoms with Crippen molar-refractivity contribution in [3.05, 3.63) is 0 Å². The van der Waals surface area contributed by atoms with Gasteiger partial charge in [-0.15, -0.1) is 0 Å². The van der Waals surface area contributed by atoms with Crippen LogP contribution in [0.4, 0.5) is 13.2 Å². The first kappa shape index (κ1) is 14.1. The topological polar surface area (TPSA) is 29.3 Å². The van der Waals surface area contributed by atoms with E-state index in [1.165, 1.54) is 32.6 Å². The molecule has 1 aliphatic heterocycles. The van der Waals surface area contributed by atoms with E-state index in [1.54, 1.807) is 4.90 Å². The highest BCUT2D eigenvalue weighted by atomic mass is 19.4. The zero-order chi connectivity index (χ0) is 13.4. The SMILES string of the molecule is CC(N)C(N1CCC2(CCCC2)CC1)C(F)(F)F. The number of rotatable bonds is 2. The maximum atomic E-state index is 13.0. The summed E-state index contributed by atoms with van der Waals surface area (Å²) in [7, 11) is 0. The second kappa shape index (κ2) is 5.00. The van der Waals surface area contributed by atoms with Crippen LogP contribution in [0.1, 0.15) is 45.4 Å². The van der Waals surface area contributed by atoms with Crippen molar-refractivity contribution in [2.45, 2.75) is 63.7 Å². The molecule has 5 heteroatoms. The summed E-state index contributed by atoms with van der Waals surface area (Å²) in [6.45, 7) is 2.55. The maximum Gasteiger partial charge on any atom is 0.405 e. The van der Waals surface area contributed by atoms with Gasteiger partial charge >= 0.3 is 6.18 Å². The third-order valence-electron chi connectivity index (χ3n) is 4.75. The van der Waals surface area contributed by atoms with E-state index in [1.807, 2.05) is 0 Å². The number of hydrogen-bond acceptors (Lipinski definition) is 2. The van der Waals surface area contributed by atoms with E-state index in [0.29, 0.717) is 18.5 Å². The van der Waals surface area contributed by atoms with Crippen LogP contribution >= 0.6 is 0 Å². The van der Waals surface area contributed by atoms with Crippen LogP contribution in [0, 0.1) is 5.41 Å². The van der Waals surface area contributed by atoms with Crippen molar-refractivity contribution in [2.24, 2.45) is 11.1 Å². The molecule has 0 aromatic heterocycles. The molecule has 0 aromatic carbocycles. The molecule has 1 saturated carbocycles.